The molecule has 2 heterocycles. The highest BCUT2D eigenvalue weighted by Crippen LogP contribution is 2.45. The van der Waals surface area contributed by atoms with Crippen LogP contribution < -0.4 is 0 Å². The highest BCUT2D eigenvalue weighted by Gasteiger charge is 2.48. The van der Waals surface area contributed by atoms with Gasteiger partial charge in [-0.3, -0.25) is 9.08 Å². The second kappa shape index (κ2) is 7.77. The van der Waals surface area contributed by atoms with Crippen LogP contribution in [0.15, 0.2) is 17.5 Å². The molecule has 2 aliphatic rings. The summed E-state index contributed by atoms with van der Waals surface area (Å²) in [6.45, 7) is 1.06. The summed E-state index contributed by atoms with van der Waals surface area (Å²) in [7, 11) is -5.51. The predicted molar refractivity (Wildman–Crippen MR) is 94.3 cm³/mol. The Morgan fingerprint density at radius 1 is 1.23 bits per heavy atom. The van der Waals surface area contributed by atoms with E-state index >= 15 is 0 Å². The molecule has 1 atom stereocenters. The van der Waals surface area contributed by atoms with Crippen LogP contribution in [0.1, 0.15) is 49.8 Å². The second-order valence-electron chi connectivity index (χ2n) is 7.21. The normalized spacial score (nSPS) is 25.3. The molecule has 3 rings (SSSR count). The van der Waals surface area contributed by atoms with Gasteiger partial charge in [-0.2, -0.15) is 21.6 Å². The van der Waals surface area contributed by atoms with Gasteiger partial charge in [0.25, 0.3) is 0 Å². The summed E-state index contributed by atoms with van der Waals surface area (Å²) < 4.78 is 64.1. The molecule has 4 nitrogen and oxygen atoms in total. The van der Waals surface area contributed by atoms with Crippen LogP contribution in [0.5, 0.6) is 0 Å². The van der Waals surface area contributed by atoms with Crippen LogP contribution >= 0.6 is 11.3 Å². The quantitative estimate of drug-likeness (QED) is 0.529. The van der Waals surface area contributed by atoms with Gasteiger partial charge in [0.05, 0.1) is 12.1 Å². The van der Waals surface area contributed by atoms with Crippen LogP contribution in [0.3, 0.4) is 0 Å². The highest BCUT2D eigenvalue weighted by atomic mass is 32.2. The highest BCUT2D eigenvalue weighted by molar-refractivity contribution is 7.87. The van der Waals surface area contributed by atoms with Crippen molar-refractivity contribution >= 4 is 21.5 Å². The van der Waals surface area contributed by atoms with E-state index in [1.165, 1.54) is 11.3 Å². The number of rotatable bonds is 5. The van der Waals surface area contributed by atoms with E-state index in [1.54, 1.807) is 11.3 Å². The minimum Gasteiger partial charge on any atom is -0.292 e. The first kappa shape index (κ1) is 20.1. The van der Waals surface area contributed by atoms with E-state index in [4.69, 9.17) is 0 Å². The van der Waals surface area contributed by atoms with E-state index in [0.717, 1.165) is 38.6 Å². The van der Waals surface area contributed by atoms with E-state index in [1.807, 2.05) is 6.07 Å². The van der Waals surface area contributed by atoms with Crippen LogP contribution in [0.4, 0.5) is 13.2 Å². The topological polar surface area (TPSA) is 46.6 Å². The molecule has 0 amide bonds. The Kier molecular flexibility index (Phi) is 6.01. The second-order valence-corrected chi connectivity index (χ2v) is 9.76. The summed E-state index contributed by atoms with van der Waals surface area (Å²) in [5, 5.41) is 2.06. The summed E-state index contributed by atoms with van der Waals surface area (Å²) in [5.41, 5.74) is -5.42. The van der Waals surface area contributed by atoms with Gasteiger partial charge in [-0.15, -0.1) is 11.3 Å². The average molecular weight is 412 g/mol. The van der Waals surface area contributed by atoms with Crippen LogP contribution in [0.25, 0.3) is 0 Å². The summed E-state index contributed by atoms with van der Waals surface area (Å²) in [6.07, 6.45) is 7.09. The molecule has 148 valence electrons. The van der Waals surface area contributed by atoms with Crippen molar-refractivity contribution in [3.8, 4) is 0 Å². The Labute approximate surface area is 156 Å². The molecule has 1 aromatic heterocycles. The molecule has 1 saturated carbocycles. The van der Waals surface area contributed by atoms with Gasteiger partial charge in [0.2, 0.25) is 0 Å². The number of nitrogens with zero attached hydrogens (tertiary/aromatic N) is 1. The standard InChI is InChI=1S/C17H24F3NO3S2/c18-17(19,20)26(22,23)24-13-14-6-4-10-21(12-14)16(8-2-1-3-9-16)15-7-5-11-25-15/h5,7,11,14H,1-4,6,8-10,12-13H2. The number of hydrogen-bond acceptors (Lipinski definition) is 5. The lowest BCUT2D eigenvalue weighted by Crippen LogP contribution is -2.52. The summed E-state index contributed by atoms with van der Waals surface area (Å²) in [4.78, 5) is 3.68. The van der Waals surface area contributed by atoms with Gasteiger partial charge in [0.1, 0.15) is 0 Å². The third kappa shape index (κ3) is 4.10. The Bertz CT molecular complexity index is 683. The molecule has 0 spiro atoms. The van der Waals surface area contributed by atoms with Crippen molar-refractivity contribution in [2.45, 2.75) is 56.0 Å². The largest absolute Gasteiger partial charge is 0.523 e. The van der Waals surface area contributed by atoms with Crippen molar-refractivity contribution in [1.29, 1.82) is 0 Å². The molecule has 0 bridgehead atoms. The third-order valence-corrected chi connectivity index (χ3v) is 7.60. The molecule has 2 fully saturated rings. The fourth-order valence-corrected chi connectivity index (χ4v) is 5.76. The van der Waals surface area contributed by atoms with Gasteiger partial charge in [-0.1, -0.05) is 25.3 Å². The van der Waals surface area contributed by atoms with E-state index in [-0.39, 0.29) is 11.5 Å². The van der Waals surface area contributed by atoms with Crippen molar-refractivity contribution in [3.63, 3.8) is 0 Å². The number of alkyl halides is 3. The van der Waals surface area contributed by atoms with Crippen LogP contribution in [0, 0.1) is 5.92 Å². The Hall–Kier alpha value is -0.640. The molecular formula is C17H24F3NO3S2. The van der Waals surface area contributed by atoms with Gasteiger partial charge < -0.3 is 0 Å². The maximum atomic E-state index is 12.5. The fourth-order valence-electron chi connectivity index (χ4n) is 4.24. The van der Waals surface area contributed by atoms with Crippen molar-refractivity contribution in [2.24, 2.45) is 5.92 Å². The molecule has 0 N–H and O–H groups in total. The minimum atomic E-state index is -5.51. The maximum absolute atomic E-state index is 12.5. The van der Waals surface area contributed by atoms with Crippen LogP contribution in [-0.4, -0.2) is 38.5 Å². The SMILES string of the molecule is O=S(=O)(OCC1CCCN(C2(c3cccs3)CCCCC2)C1)C(F)(F)F. The lowest BCUT2D eigenvalue weighted by atomic mass is 9.77. The first-order chi connectivity index (χ1) is 12.2. The molecule has 1 aliphatic heterocycles. The first-order valence-corrected chi connectivity index (χ1v) is 11.3. The predicted octanol–water partition coefficient (Wildman–Crippen LogP) is 4.49. The minimum absolute atomic E-state index is 0.0615. The molecule has 1 saturated heterocycles. The smallest absolute Gasteiger partial charge is 0.292 e. The van der Waals surface area contributed by atoms with Gasteiger partial charge >= 0.3 is 15.6 Å². The zero-order valence-corrected chi connectivity index (χ0v) is 16.1. The summed E-state index contributed by atoms with van der Waals surface area (Å²) in [5.74, 6) is -0.209. The van der Waals surface area contributed by atoms with Gasteiger partial charge in [0, 0.05) is 11.4 Å². The Morgan fingerprint density at radius 3 is 2.58 bits per heavy atom. The van der Waals surface area contributed by atoms with Gasteiger partial charge in [0.15, 0.2) is 0 Å². The molecule has 9 heteroatoms. The average Bonchev–Trinajstić information content (AvgIpc) is 3.15. The fraction of sp³-hybridized carbons (Fsp3) is 0.765. The molecule has 26 heavy (non-hydrogen) atoms. The van der Waals surface area contributed by atoms with Crippen molar-refractivity contribution in [2.75, 3.05) is 19.7 Å². The lowest BCUT2D eigenvalue weighted by molar-refractivity contribution is -0.0568. The molecule has 1 aliphatic carbocycles. The van der Waals surface area contributed by atoms with E-state index in [2.05, 4.69) is 20.5 Å². The van der Waals surface area contributed by atoms with E-state index in [9.17, 15) is 21.6 Å². The number of halogens is 3. The number of piperidine rings is 1. The summed E-state index contributed by atoms with van der Waals surface area (Å²) >= 11 is 1.73. The number of hydrogen-bond donors (Lipinski definition) is 0. The van der Waals surface area contributed by atoms with Crippen LogP contribution in [0.2, 0.25) is 0 Å². The van der Waals surface area contributed by atoms with E-state index in [0.29, 0.717) is 13.0 Å². The molecule has 0 aromatic carbocycles. The van der Waals surface area contributed by atoms with E-state index < -0.39 is 22.2 Å². The monoisotopic (exact) mass is 411 g/mol. The molecule has 1 aromatic rings. The zero-order chi connectivity index (χ0) is 18.8. The molecule has 0 radical (unpaired) electrons. The third-order valence-electron chi connectivity index (χ3n) is 5.53. The number of likely N-dealkylation sites (tertiary alicyclic amines) is 1. The zero-order valence-electron chi connectivity index (χ0n) is 14.5. The molecule has 1 unspecified atom stereocenters. The number of thiophene rings is 1. The molecular weight excluding hydrogens is 387 g/mol. The van der Waals surface area contributed by atoms with Crippen molar-refractivity contribution in [1.82, 2.24) is 4.90 Å². The Balaban J connectivity index is 1.71. The van der Waals surface area contributed by atoms with Gasteiger partial charge in [-0.25, -0.2) is 0 Å². The van der Waals surface area contributed by atoms with Crippen LogP contribution in [-0.2, 0) is 19.8 Å². The maximum Gasteiger partial charge on any atom is 0.523 e. The lowest BCUT2D eigenvalue weighted by Gasteiger charge is -2.49. The van der Waals surface area contributed by atoms with Gasteiger partial charge in [-0.05, 0) is 49.6 Å². The van der Waals surface area contributed by atoms with Crippen molar-refractivity contribution in [3.05, 3.63) is 22.4 Å². The first-order valence-electron chi connectivity index (χ1n) is 8.99. The Morgan fingerprint density at radius 2 is 1.96 bits per heavy atom. The summed E-state index contributed by atoms with van der Waals surface area (Å²) in [6, 6.07) is 4.18. The van der Waals surface area contributed by atoms with Crippen molar-refractivity contribution < 1.29 is 25.8 Å².